The molecule has 3 aromatic carbocycles. The topological polar surface area (TPSA) is 36.1 Å². The Bertz CT molecular complexity index is 1160. The molecule has 0 saturated carbocycles. The van der Waals surface area contributed by atoms with Crippen LogP contribution in [0, 0.1) is 20.8 Å². The summed E-state index contributed by atoms with van der Waals surface area (Å²) in [5.41, 5.74) is 7.00. The van der Waals surface area contributed by atoms with E-state index in [1.165, 1.54) is 22.4 Å². The molecule has 0 saturated heterocycles. The molecule has 0 amide bonds. The molecule has 138 valence electrons. The first-order valence-corrected chi connectivity index (χ1v) is 10.6. The molecule has 0 aromatic heterocycles. The number of aliphatic imine (C=N–C) groups is 1. The Hall–Kier alpha value is -2.45. The third-order valence-electron chi connectivity index (χ3n) is 5.14. The molecule has 0 fully saturated rings. The van der Waals surface area contributed by atoms with Crippen LogP contribution in [0.1, 0.15) is 41.7 Å². The van der Waals surface area contributed by atoms with Gasteiger partial charge in [0, 0.05) is 15.8 Å². The molecule has 0 N–H and O–H groups in total. The first kappa shape index (κ1) is 18.9. The summed E-state index contributed by atoms with van der Waals surface area (Å²) < 4.78 is 1.16. The Morgan fingerprint density at radius 1 is 1.04 bits per heavy atom. The van der Waals surface area contributed by atoms with Gasteiger partial charge in [-0.2, -0.15) is 5.26 Å². The van der Waals surface area contributed by atoms with Crippen LogP contribution >= 0.6 is 22.6 Å². The molecule has 3 heteroatoms. The van der Waals surface area contributed by atoms with Crippen LogP contribution in [0.5, 0.6) is 0 Å². The molecule has 1 aliphatic heterocycles. The monoisotopic (exact) mass is 476 g/mol. The highest BCUT2D eigenvalue weighted by Gasteiger charge is 2.16. The maximum atomic E-state index is 9.12. The van der Waals surface area contributed by atoms with Gasteiger partial charge in [-0.25, -0.2) is 0 Å². The van der Waals surface area contributed by atoms with Gasteiger partial charge in [0.05, 0.1) is 11.6 Å². The van der Waals surface area contributed by atoms with Crippen LogP contribution in [0.2, 0.25) is 0 Å². The van der Waals surface area contributed by atoms with Gasteiger partial charge in [0.2, 0.25) is 0 Å². The van der Waals surface area contributed by atoms with Crippen LogP contribution in [-0.4, -0.2) is 12.3 Å². The predicted molar refractivity (Wildman–Crippen MR) is 127 cm³/mol. The molecule has 0 unspecified atom stereocenters. The number of fused-ring (bicyclic) bond motifs is 2. The normalized spacial score (nSPS) is 13.6. The van der Waals surface area contributed by atoms with Crippen LogP contribution in [-0.2, 0) is 6.42 Å². The summed E-state index contributed by atoms with van der Waals surface area (Å²) >= 11 is 2.35. The Labute approximate surface area is 179 Å². The van der Waals surface area contributed by atoms with Gasteiger partial charge in [-0.05, 0) is 98.3 Å². The number of rotatable bonds is 3. The Kier molecular flexibility index (Phi) is 5.32. The standard InChI is InChI=1S/C25H21IN2/c1-16(2)25-23-12-17(5-7-20(23)9-10-28-25)3-4-18-11-21-8-6-19(15-27)13-22(21)24(26)14-18/h3-8,11-14,16H,9-10H2,1-2H3. The van der Waals surface area contributed by atoms with E-state index in [0.29, 0.717) is 11.5 Å². The second kappa shape index (κ2) is 7.89. The van der Waals surface area contributed by atoms with Gasteiger partial charge in [0.25, 0.3) is 0 Å². The van der Waals surface area contributed by atoms with Gasteiger partial charge in [0.15, 0.2) is 0 Å². The van der Waals surface area contributed by atoms with Crippen LogP contribution in [0.3, 0.4) is 0 Å². The number of hydrogen-bond acceptors (Lipinski definition) is 2. The van der Waals surface area contributed by atoms with Gasteiger partial charge in [-0.15, -0.1) is 0 Å². The minimum Gasteiger partial charge on any atom is -0.289 e. The fraction of sp³-hybridized carbons (Fsp3) is 0.200. The van der Waals surface area contributed by atoms with E-state index in [0.717, 1.165) is 32.9 Å². The molecule has 0 aliphatic carbocycles. The molecule has 4 rings (SSSR count). The second-order valence-corrected chi connectivity index (χ2v) is 8.63. The van der Waals surface area contributed by atoms with Crippen LogP contribution in [0.4, 0.5) is 0 Å². The highest BCUT2D eigenvalue weighted by Crippen LogP contribution is 2.26. The van der Waals surface area contributed by atoms with Crippen molar-refractivity contribution in [1.29, 1.82) is 5.26 Å². The highest BCUT2D eigenvalue weighted by atomic mass is 127. The Morgan fingerprint density at radius 2 is 1.86 bits per heavy atom. The lowest BCUT2D eigenvalue weighted by atomic mass is 9.90. The quantitative estimate of drug-likeness (QED) is 0.315. The fourth-order valence-electron chi connectivity index (χ4n) is 3.72. The van der Waals surface area contributed by atoms with Gasteiger partial charge in [-0.1, -0.05) is 44.2 Å². The average Bonchev–Trinajstić information content (AvgIpc) is 2.71. The number of benzene rings is 3. The maximum absolute atomic E-state index is 9.12. The minimum absolute atomic E-state index is 0.443. The van der Waals surface area contributed by atoms with Crippen molar-refractivity contribution in [1.82, 2.24) is 0 Å². The lowest BCUT2D eigenvalue weighted by molar-refractivity contribution is 0.839. The van der Waals surface area contributed by atoms with Crippen molar-refractivity contribution in [2.45, 2.75) is 20.3 Å². The van der Waals surface area contributed by atoms with E-state index < -0.39 is 0 Å². The number of hydrogen-bond donors (Lipinski definition) is 0. The first-order chi connectivity index (χ1) is 13.5. The van der Waals surface area contributed by atoms with Gasteiger partial charge >= 0.3 is 0 Å². The lowest BCUT2D eigenvalue weighted by Gasteiger charge is -2.20. The summed E-state index contributed by atoms with van der Waals surface area (Å²) in [6.07, 6.45) is 5.37. The van der Waals surface area contributed by atoms with E-state index in [1.54, 1.807) is 0 Å². The summed E-state index contributed by atoms with van der Waals surface area (Å²) in [6.45, 7) is 5.33. The number of halogens is 1. The molecule has 0 atom stereocenters. The van der Waals surface area contributed by atoms with Crippen molar-refractivity contribution in [3.05, 3.63) is 79.9 Å². The zero-order chi connectivity index (χ0) is 19.7. The van der Waals surface area contributed by atoms with Crippen molar-refractivity contribution >= 4 is 51.2 Å². The van der Waals surface area contributed by atoms with E-state index in [-0.39, 0.29) is 0 Å². The van der Waals surface area contributed by atoms with E-state index in [4.69, 9.17) is 10.3 Å². The number of nitriles is 1. The largest absolute Gasteiger partial charge is 0.289 e. The molecule has 1 aliphatic rings. The van der Waals surface area contributed by atoms with E-state index >= 15 is 0 Å². The fourth-order valence-corrected chi connectivity index (χ4v) is 4.55. The predicted octanol–water partition coefficient (Wildman–Crippen LogP) is 6.49. The molecule has 3 aromatic rings. The number of nitrogens with zero attached hydrogens (tertiary/aromatic N) is 2. The van der Waals surface area contributed by atoms with Gasteiger partial charge in [-0.3, -0.25) is 4.99 Å². The summed E-state index contributed by atoms with van der Waals surface area (Å²) in [7, 11) is 0. The van der Waals surface area contributed by atoms with Crippen molar-refractivity contribution in [2.75, 3.05) is 6.54 Å². The van der Waals surface area contributed by atoms with Gasteiger partial charge in [0.1, 0.15) is 0 Å². The molecular formula is C25H21IN2. The molecule has 28 heavy (non-hydrogen) atoms. The van der Waals surface area contributed by atoms with Crippen molar-refractivity contribution in [2.24, 2.45) is 10.9 Å². The third-order valence-corrected chi connectivity index (χ3v) is 6.04. The minimum atomic E-state index is 0.443. The molecule has 1 heterocycles. The zero-order valence-electron chi connectivity index (χ0n) is 16.0. The smallest absolute Gasteiger partial charge is 0.0991 e. The maximum Gasteiger partial charge on any atom is 0.0991 e. The Morgan fingerprint density at radius 3 is 2.64 bits per heavy atom. The van der Waals surface area contributed by atoms with E-state index in [9.17, 15) is 0 Å². The summed E-state index contributed by atoms with van der Waals surface area (Å²) in [5, 5.41) is 11.4. The summed E-state index contributed by atoms with van der Waals surface area (Å²) in [5.74, 6) is 0.443. The summed E-state index contributed by atoms with van der Waals surface area (Å²) in [4.78, 5) is 4.76. The van der Waals surface area contributed by atoms with Gasteiger partial charge < -0.3 is 0 Å². The van der Waals surface area contributed by atoms with Crippen molar-refractivity contribution in [3.63, 3.8) is 0 Å². The van der Waals surface area contributed by atoms with E-state index in [2.05, 4.69) is 85.0 Å². The Balaban J connectivity index is 1.68. The zero-order valence-corrected chi connectivity index (χ0v) is 18.2. The van der Waals surface area contributed by atoms with Crippen LogP contribution in [0.25, 0.3) is 22.9 Å². The summed E-state index contributed by atoms with van der Waals surface area (Å²) in [6, 6.07) is 19.1. The van der Waals surface area contributed by atoms with E-state index in [1.807, 2.05) is 18.2 Å². The first-order valence-electron chi connectivity index (χ1n) is 9.54. The van der Waals surface area contributed by atoms with Crippen LogP contribution in [0.15, 0.2) is 53.5 Å². The third kappa shape index (κ3) is 3.74. The van der Waals surface area contributed by atoms with Crippen LogP contribution < -0.4 is 0 Å². The lowest BCUT2D eigenvalue weighted by Crippen LogP contribution is -2.18. The SMILES string of the molecule is CC(C)C1=NCCc2ccc(C=Cc3cc(I)c4cc(C#N)ccc4c3)cc21. The molecule has 0 spiro atoms. The highest BCUT2D eigenvalue weighted by molar-refractivity contribution is 14.1. The molecule has 0 radical (unpaired) electrons. The molecule has 0 bridgehead atoms. The average molecular weight is 476 g/mol. The molecule has 2 nitrogen and oxygen atoms in total. The van der Waals surface area contributed by atoms with Crippen molar-refractivity contribution in [3.8, 4) is 6.07 Å². The van der Waals surface area contributed by atoms with Crippen molar-refractivity contribution < 1.29 is 0 Å². The second-order valence-electron chi connectivity index (χ2n) is 7.47. The molecular weight excluding hydrogens is 455 g/mol.